The fourth-order valence-electron chi connectivity index (χ4n) is 1.71. The van der Waals surface area contributed by atoms with Gasteiger partial charge in [-0.1, -0.05) is 23.7 Å². The second-order valence-electron chi connectivity index (χ2n) is 4.34. The van der Waals surface area contributed by atoms with Gasteiger partial charge in [-0.3, -0.25) is 4.79 Å². The molecule has 0 aliphatic carbocycles. The maximum atomic E-state index is 13.1. The van der Waals surface area contributed by atoms with Crippen molar-refractivity contribution in [2.45, 2.75) is 13.0 Å². The Morgan fingerprint density at radius 3 is 2.85 bits per heavy atom. The highest BCUT2D eigenvalue weighted by atomic mass is 35.5. The highest BCUT2D eigenvalue weighted by Gasteiger charge is 2.13. The van der Waals surface area contributed by atoms with E-state index in [1.807, 2.05) is 0 Å². The lowest BCUT2D eigenvalue weighted by Gasteiger charge is -2.14. The van der Waals surface area contributed by atoms with Gasteiger partial charge in [0, 0.05) is 6.20 Å². The summed E-state index contributed by atoms with van der Waals surface area (Å²) in [7, 11) is 0. The smallest absolute Gasteiger partial charge is 0.253 e. The van der Waals surface area contributed by atoms with Crippen molar-refractivity contribution in [3.63, 3.8) is 0 Å². The maximum absolute atomic E-state index is 13.1. The van der Waals surface area contributed by atoms with E-state index >= 15 is 0 Å². The Hall–Kier alpha value is -2.14. The van der Waals surface area contributed by atoms with Gasteiger partial charge in [-0.25, -0.2) is 9.37 Å². The number of aromatic nitrogens is 1. The molecule has 1 amide bonds. The number of nitrogens with one attached hydrogen (secondary N) is 1. The molecule has 0 spiro atoms. The number of carbonyl (C=O) groups excluding carboxylic acids is 1. The van der Waals surface area contributed by atoms with Gasteiger partial charge in [0.05, 0.1) is 16.6 Å². The second kappa shape index (κ2) is 5.88. The first-order chi connectivity index (χ1) is 9.47. The minimum absolute atomic E-state index is 0.168. The number of pyridine rings is 1. The molecule has 0 saturated heterocycles. The highest BCUT2D eigenvalue weighted by molar-refractivity contribution is 6.33. The zero-order valence-electron chi connectivity index (χ0n) is 10.7. The number of benzene rings is 1. The van der Waals surface area contributed by atoms with Gasteiger partial charge >= 0.3 is 0 Å². The van der Waals surface area contributed by atoms with Gasteiger partial charge in [0.15, 0.2) is 0 Å². The Kier molecular flexibility index (Phi) is 4.20. The summed E-state index contributed by atoms with van der Waals surface area (Å²) in [5, 5.41) is 2.96. The molecule has 104 valence electrons. The zero-order chi connectivity index (χ0) is 14.7. The Labute approximate surface area is 120 Å². The van der Waals surface area contributed by atoms with Gasteiger partial charge in [0.2, 0.25) is 0 Å². The number of hydrogen-bond donors (Lipinski definition) is 2. The molecule has 0 saturated carbocycles. The summed E-state index contributed by atoms with van der Waals surface area (Å²) in [6.07, 6.45) is 1.34. The van der Waals surface area contributed by atoms with Crippen LogP contribution in [0.3, 0.4) is 0 Å². The van der Waals surface area contributed by atoms with E-state index in [1.54, 1.807) is 19.1 Å². The van der Waals surface area contributed by atoms with Gasteiger partial charge in [0.25, 0.3) is 5.91 Å². The Morgan fingerprint density at radius 1 is 1.45 bits per heavy atom. The van der Waals surface area contributed by atoms with E-state index in [0.717, 1.165) is 0 Å². The number of rotatable bonds is 3. The lowest BCUT2D eigenvalue weighted by Crippen LogP contribution is -2.26. The number of hydrogen-bond acceptors (Lipinski definition) is 3. The Balaban J connectivity index is 2.13. The summed E-state index contributed by atoms with van der Waals surface area (Å²) in [6.45, 7) is 1.76. The van der Waals surface area contributed by atoms with Crippen LogP contribution in [0, 0.1) is 5.82 Å². The van der Waals surface area contributed by atoms with Gasteiger partial charge in [-0.2, -0.15) is 0 Å². The average Bonchev–Trinajstić information content (AvgIpc) is 2.41. The van der Waals surface area contributed by atoms with Crippen LogP contribution in [0.5, 0.6) is 0 Å². The van der Waals surface area contributed by atoms with E-state index in [9.17, 15) is 9.18 Å². The summed E-state index contributed by atoms with van der Waals surface area (Å²) >= 11 is 5.82. The van der Waals surface area contributed by atoms with Gasteiger partial charge < -0.3 is 11.1 Å². The van der Waals surface area contributed by atoms with Crippen molar-refractivity contribution in [1.29, 1.82) is 0 Å². The number of amides is 1. The third kappa shape index (κ3) is 3.24. The summed E-state index contributed by atoms with van der Waals surface area (Å²) in [5.74, 6) is -0.529. The van der Waals surface area contributed by atoms with Crippen LogP contribution in [-0.4, -0.2) is 10.9 Å². The minimum atomic E-state index is -0.351. The van der Waals surface area contributed by atoms with Crippen molar-refractivity contribution in [1.82, 2.24) is 10.3 Å². The number of anilines is 1. The standard InChI is InChI=1S/C14H13ClFN3O/c1-8(9-3-2-4-11(16)5-9)19-14(20)10-6-12(15)13(17)18-7-10/h2-8H,1H3,(H2,17,18)(H,19,20). The number of carbonyl (C=O) groups is 1. The fraction of sp³-hybridized carbons (Fsp3) is 0.143. The molecule has 3 N–H and O–H groups in total. The molecular formula is C14H13ClFN3O. The summed E-state index contributed by atoms with van der Waals surface area (Å²) in [6, 6.07) is 7.16. The Bertz CT molecular complexity index is 648. The van der Waals surface area contributed by atoms with E-state index in [4.69, 9.17) is 17.3 Å². The summed E-state index contributed by atoms with van der Waals surface area (Å²) < 4.78 is 13.1. The molecule has 0 radical (unpaired) electrons. The number of nitrogens with two attached hydrogens (primary N) is 1. The van der Waals surface area contributed by atoms with Crippen molar-refractivity contribution in [2.24, 2.45) is 0 Å². The predicted octanol–water partition coefficient (Wildman–Crippen LogP) is 2.95. The minimum Gasteiger partial charge on any atom is -0.382 e. The third-order valence-corrected chi connectivity index (χ3v) is 3.13. The van der Waals surface area contributed by atoms with Crippen molar-refractivity contribution >= 4 is 23.3 Å². The molecule has 2 rings (SSSR count). The van der Waals surface area contributed by atoms with Crippen molar-refractivity contribution < 1.29 is 9.18 Å². The molecular weight excluding hydrogens is 281 g/mol. The average molecular weight is 294 g/mol. The van der Waals surface area contributed by atoms with Crippen LogP contribution in [0.25, 0.3) is 0 Å². The number of halogens is 2. The molecule has 1 heterocycles. The fourth-order valence-corrected chi connectivity index (χ4v) is 1.88. The van der Waals surface area contributed by atoms with E-state index in [2.05, 4.69) is 10.3 Å². The number of nitrogens with zero attached hydrogens (tertiary/aromatic N) is 1. The molecule has 0 fully saturated rings. The molecule has 4 nitrogen and oxygen atoms in total. The van der Waals surface area contributed by atoms with Crippen LogP contribution in [0.15, 0.2) is 36.5 Å². The molecule has 1 unspecified atom stereocenters. The first-order valence-corrected chi connectivity index (χ1v) is 6.32. The Morgan fingerprint density at radius 2 is 2.20 bits per heavy atom. The number of nitrogen functional groups attached to an aromatic ring is 1. The lowest BCUT2D eigenvalue weighted by atomic mass is 10.1. The predicted molar refractivity (Wildman–Crippen MR) is 75.9 cm³/mol. The SMILES string of the molecule is CC(NC(=O)c1cnc(N)c(Cl)c1)c1cccc(F)c1. The van der Waals surface area contributed by atoms with Crippen LogP contribution in [0.4, 0.5) is 10.2 Å². The van der Waals surface area contributed by atoms with Crippen LogP contribution >= 0.6 is 11.6 Å². The lowest BCUT2D eigenvalue weighted by molar-refractivity contribution is 0.0939. The van der Waals surface area contributed by atoms with E-state index < -0.39 is 0 Å². The largest absolute Gasteiger partial charge is 0.382 e. The van der Waals surface area contributed by atoms with E-state index in [1.165, 1.54) is 24.4 Å². The van der Waals surface area contributed by atoms with Crippen LogP contribution < -0.4 is 11.1 Å². The van der Waals surface area contributed by atoms with Crippen LogP contribution in [0.1, 0.15) is 28.9 Å². The summed E-state index contributed by atoms with van der Waals surface area (Å²) in [4.78, 5) is 15.9. The van der Waals surface area contributed by atoms with E-state index in [-0.39, 0.29) is 28.6 Å². The monoisotopic (exact) mass is 293 g/mol. The molecule has 20 heavy (non-hydrogen) atoms. The van der Waals surface area contributed by atoms with Crippen LogP contribution in [0.2, 0.25) is 5.02 Å². The van der Waals surface area contributed by atoms with Gasteiger partial charge in [-0.15, -0.1) is 0 Å². The zero-order valence-corrected chi connectivity index (χ0v) is 11.5. The van der Waals surface area contributed by atoms with Gasteiger partial charge in [-0.05, 0) is 30.7 Å². The van der Waals surface area contributed by atoms with E-state index in [0.29, 0.717) is 11.1 Å². The molecule has 1 aromatic heterocycles. The third-order valence-electron chi connectivity index (χ3n) is 2.83. The summed E-state index contributed by atoms with van der Waals surface area (Å²) in [5.41, 5.74) is 6.45. The topological polar surface area (TPSA) is 68.0 Å². The molecule has 1 aromatic carbocycles. The maximum Gasteiger partial charge on any atom is 0.253 e. The molecule has 2 aromatic rings. The van der Waals surface area contributed by atoms with Crippen molar-refractivity contribution in [3.05, 3.63) is 58.5 Å². The first kappa shape index (κ1) is 14.3. The molecule has 0 bridgehead atoms. The molecule has 1 atom stereocenters. The first-order valence-electron chi connectivity index (χ1n) is 5.94. The molecule has 0 aliphatic heterocycles. The van der Waals surface area contributed by atoms with Crippen molar-refractivity contribution in [3.8, 4) is 0 Å². The quantitative estimate of drug-likeness (QED) is 0.914. The molecule has 0 aliphatic rings. The highest BCUT2D eigenvalue weighted by Crippen LogP contribution is 2.18. The van der Waals surface area contributed by atoms with Gasteiger partial charge in [0.1, 0.15) is 11.6 Å². The van der Waals surface area contributed by atoms with Crippen LogP contribution in [-0.2, 0) is 0 Å². The van der Waals surface area contributed by atoms with Crippen molar-refractivity contribution in [2.75, 3.05) is 5.73 Å². The molecule has 6 heteroatoms. The normalized spacial score (nSPS) is 11.9. The second-order valence-corrected chi connectivity index (χ2v) is 4.75.